The number of rotatable bonds is 4. The van der Waals surface area contributed by atoms with Crippen LogP contribution in [0.4, 0.5) is 0 Å². The van der Waals surface area contributed by atoms with E-state index in [1.807, 2.05) is 13.8 Å². The average Bonchev–Trinajstić information content (AvgIpc) is 2.43. The first kappa shape index (κ1) is 12.5. The Hall–Kier alpha value is -0.610. The summed E-state index contributed by atoms with van der Waals surface area (Å²) >= 11 is 3.18. The second-order valence-corrected chi connectivity index (χ2v) is 6.30. The number of thioether (sulfide) groups is 1. The van der Waals surface area contributed by atoms with Gasteiger partial charge in [-0.3, -0.25) is 9.59 Å². The summed E-state index contributed by atoms with van der Waals surface area (Å²) in [6, 6.07) is 2.06. The first-order chi connectivity index (χ1) is 6.91. The Morgan fingerprint density at radius 1 is 1.40 bits per heavy atom. The number of aryl methyl sites for hydroxylation is 2. The molecule has 1 unspecified atom stereocenters. The van der Waals surface area contributed by atoms with Crippen molar-refractivity contribution in [3.05, 3.63) is 15.8 Å². The van der Waals surface area contributed by atoms with Gasteiger partial charge in [-0.2, -0.15) is 0 Å². The molecule has 1 heterocycles. The van der Waals surface area contributed by atoms with Gasteiger partial charge >= 0.3 is 0 Å². The number of thiophene rings is 1. The van der Waals surface area contributed by atoms with E-state index in [-0.39, 0.29) is 16.8 Å². The summed E-state index contributed by atoms with van der Waals surface area (Å²) in [5.41, 5.74) is 0. The first-order valence-corrected chi connectivity index (χ1v) is 6.40. The van der Waals surface area contributed by atoms with E-state index in [0.717, 1.165) is 4.90 Å². The lowest BCUT2D eigenvalue weighted by Crippen LogP contribution is -2.20. The van der Waals surface area contributed by atoms with Crippen molar-refractivity contribution in [2.45, 2.75) is 37.8 Å². The molecule has 1 aromatic heterocycles. The minimum atomic E-state index is -0.361. The molecule has 2 nitrogen and oxygen atoms in total. The van der Waals surface area contributed by atoms with Gasteiger partial charge in [0.1, 0.15) is 0 Å². The Morgan fingerprint density at radius 2 is 2.00 bits per heavy atom. The highest BCUT2D eigenvalue weighted by Crippen LogP contribution is 2.32. The minimum Gasteiger partial charge on any atom is -0.291 e. The van der Waals surface area contributed by atoms with Gasteiger partial charge in [-0.05, 0) is 26.8 Å². The molecule has 0 amide bonds. The summed E-state index contributed by atoms with van der Waals surface area (Å²) in [6.45, 7) is 7.18. The second-order valence-electron chi connectivity index (χ2n) is 3.46. The SMILES string of the molecule is CC(=O)C(=O)C(C)Sc1cc(C)sc1C. The Labute approximate surface area is 98.1 Å². The summed E-state index contributed by atoms with van der Waals surface area (Å²) in [4.78, 5) is 25.9. The number of carbonyl (C=O) groups excluding carboxylic acids is 2. The van der Waals surface area contributed by atoms with Crippen LogP contribution in [0.15, 0.2) is 11.0 Å². The van der Waals surface area contributed by atoms with Gasteiger partial charge in [-0.15, -0.1) is 23.1 Å². The Balaban J connectivity index is 2.74. The Kier molecular flexibility index (Phi) is 4.11. The fourth-order valence-corrected chi connectivity index (χ4v) is 3.48. The largest absolute Gasteiger partial charge is 0.291 e. The smallest absolute Gasteiger partial charge is 0.211 e. The maximum absolute atomic E-state index is 11.4. The predicted octanol–water partition coefficient (Wildman–Crippen LogP) is 3.00. The molecular formula is C11H14O2S2. The molecule has 0 aromatic carbocycles. The van der Waals surface area contributed by atoms with Crippen LogP contribution in [0.1, 0.15) is 23.6 Å². The van der Waals surface area contributed by atoms with Gasteiger partial charge in [-0.25, -0.2) is 0 Å². The van der Waals surface area contributed by atoms with Gasteiger partial charge < -0.3 is 0 Å². The zero-order chi connectivity index (χ0) is 11.6. The molecule has 0 saturated heterocycles. The molecule has 0 spiro atoms. The molecule has 1 aromatic rings. The molecule has 0 aliphatic rings. The van der Waals surface area contributed by atoms with Gasteiger partial charge in [0.2, 0.25) is 5.78 Å². The van der Waals surface area contributed by atoms with Crippen LogP contribution < -0.4 is 0 Å². The van der Waals surface area contributed by atoms with Gasteiger partial charge in [0.05, 0.1) is 5.25 Å². The highest BCUT2D eigenvalue weighted by molar-refractivity contribution is 8.00. The molecule has 0 radical (unpaired) electrons. The van der Waals surface area contributed by atoms with E-state index in [4.69, 9.17) is 0 Å². The van der Waals surface area contributed by atoms with Crippen molar-refractivity contribution in [1.82, 2.24) is 0 Å². The van der Waals surface area contributed by atoms with Crippen molar-refractivity contribution in [3.8, 4) is 0 Å². The molecule has 1 rings (SSSR count). The van der Waals surface area contributed by atoms with Gasteiger partial charge in [0, 0.05) is 21.6 Å². The molecule has 0 fully saturated rings. The normalized spacial score (nSPS) is 12.5. The number of Topliss-reactive ketones (excluding diaryl/α,β-unsaturated/α-hetero) is 2. The second kappa shape index (κ2) is 4.94. The highest BCUT2D eigenvalue weighted by Gasteiger charge is 2.19. The van der Waals surface area contributed by atoms with Crippen molar-refractivity contribution in [1.29, 1.82) is 0 Å². The third-order valence-electron chi connectivity index (χ3n) is 2.02. The molecule has 0 N–H and O–H groups in total. The van der Waals surface area contributed by atoms with Crippen LogP contribution in [0.2, 0.25) is 0 Å². The lowest BCUT2D eigenvalue weighted by Gasteiger charge is -2.06. The highest BCUT2D eigenvalue weighted by atomic mass is 32.2. The Bertz CT molecular complexity index is 393. The van der Waals surface area contributed by atoms with Crippen molar-refractivity contribution in [2.75, 3.05) is 0 Å². The molecule has 0 aliphatic carbocycles. The van der Waals surface area contributed by atoms with Crippen LogP contribution in [0.5, 0.6) is 0 Å². The third kappa shape index (κ3) is 3.18. The number of hydrogen-bond donors (Lipinski definition) is 0. The summed E-state index contributed by atoms with van der Waals surface area (Å²) in [7, 11) is 0. The van der Waals surface area contributed by atoms with E-state index in [0.29, 0.717) is 0 Å². The first-order valence-electron chi connectivity index (χ1n) is 4.70. The average molecular weight is 242 g/mol. The van der Waals surface area contributed by atoms with E-state index in [9.17, 15) is 9.59 Å². The predicted molar refractivity (Wildman–Crippen MR) is 64.8 cm³/mol. The quantitative estimate of drug-likeness (QED) is 0.601. The lowest BCUT2D eigenvalue weighted by atomic mass is 10.2. The van der Waals surface area contributed by atoms with Crippen LogP contribution in [-0.4, -0.2) is 16.8 Å². The van der Waals surface area contributed by atoms with Gasteiger partial charge in [-0.1, -0.05) is 0 Å². The zero-order valence-electron chi connectivity index (χ0n) is 9.29. The summed E-state index contributed by atoms with van der Waals surface area (Å²) in [5, 5.41) is -0.282. The number of carbonyl (C=O) groups is 2. The van der Waals surface area contributed by atoms with E-state index in [1.54, 1.807) is 18.3 Å². The van der Waals surface area contributed by atoms with Crippen LogP contribution in [0.3, 0.4) is 0 Å². The third-order valence-corrected chi connectivity index (χ3v) is 4.36. The fraction of sp³-hybridized carbons (Fsp3) is 0.455. The zero-order valence-corrected chi connectivity index (χ0v) is 10.9. The molecule has 0 aliphatic heterocycles. The summed E-state index contributed by atoms with van der Waals surface area (Å²) in [5.74, 6) is -0.664. The summed E-state index contributed by atoms with van der Waals surface area (Å²) in [6.07, 6.45) is 0. The van der Waals surface area contributed by atoms with Crippen molar-refractivity contribution >= 4 is 34.7 Å². The number of ketones is 2. The molecule has 15 heavy (non-hydrogen) atoms. The molecule has 4 heteroatoms. The lowest BCUT2D eigenvalue weighted by molar-refractivity contribution is -0.134. The van der Waals surface area contributed by atoms with E-state index in [1.165, 1.54) is 28.4 Å². The van der Waals surface area contributed by atoms with Crippen LogP contribution >= 0.6 is 23.1 Å². The molecule has 82 valence electrons. The van der Waals surface area contributed by atoms with Gasteiger partial charge in [0.25, 0.3) is 0 Å². The Morgan fingerprint density at radius 3 is 2.40 bits per heavy atom. The van der Waals surface area contributed by atoms with Crippen LogP contribution in [0, 0.1) is 13.8 Å². The van der Waals surface area contributed by atoms with E-state index < -0.39 is 0 Å². The maximum atomic E-state index is 11.4. The fourth-order valence-electron chi connectivity index (χ4n) is 1.25. The standard InChI is InChI=1S/C11H14O2S2/c1-6-5-10(8(3)14-6)15-9(4)11(13)7(2)12/h5,9H,1-4H3. The van der Waals surface area contributed by atoms with Crippen molar-refractivity contribution in [2.24, 2.45) is 0 Å². The summed E-state index contributed by atoms with van der Waals surface area (Å²) < 4.78 is 0. The van der Waals surface area contributed by atoms with Gasteiger partial charge in [0.15, 0.2) is 5.78 Å². The molecule has 0 saturated carbocycles. The minimum absolute atomic E-state index is 0.282. The maximum Gasteiger partial charge on any atom is 0.211 e. The molecule has 0 bridgehead atoms. The monoisotopic (exact) mass is 242 g/mol. The van der Waals surface area contributed by atoms with Crippen LogP contribution in [0.25, 0.3) is 0 Å². The van der Waals surface area contributed by atoms with E-state index >= 15 is 0 Å². The molecule has 1 atom stereocenters. The van der Waals surface area contributed by atoms with Crippen LogP contribution in [-0.2, 0) is 9.59 Å². The van der Waals surface area contributed by atoms with Crippen molar-refractivity contribution in [3.63, 3.8) is 0 Å². The number of hydrogen-bond acceptors (Lipinski definition) is 4. The topological polar surface area (TPSA) is 34.1 Å². The van der Waals surface area contributed by atoms with Crippen molar-refractivity contribution < 1.29 is 9.59 Å². The van der Waals surface area contributed by atoms with E-state index in [2.05, 4.69) is 6.07 Å². The molecular weight excluding hydrogens is 228 g/mol.